The summed E-state index contributed by atoms with van der Waals surface area (Å²) in [7, 11) is 0. The van der Waals surface area contributed by atoms with Crippen LogP contribution in [0.4, 0.5) is 0 Å². The molecule has 2 fully saturated rings. The number of likely N-dealkylation sites (tertiary alicyclic amines) is 1. The fourth-order valence-electron chi connectivity index (χ4n) is 3.88. The van der Waals surface area contributed by atoms with Gasteiger partial charge in [-0.05, 0) is 32.9 Å². The van der Waals surface area contributed by atoms with Gasteiger partial charge in [0.05, 0.1) is 24.4 Å². The van der Waals surface area contributed by atoms with Crippen LogP contribution in [0.15, 0.2) is 16.7 Å². The summed E-state index contributed by atoms with van der Waals surface area (Å²) in [6.07, 6.45) is 0.320. The molecule has 4 rings (SSSR count). The van der Waals surface area contributed by atoms with Crippen LogP contribution >= 0.6 is 11.3 Å². The standard InChI is InChI=1S/C18H25N3O2S/c1-12-4-5-15(24-12)8-20-10-17-18(11-20)22-7-6-21(17)9-16-13(2)19-23-14(16)3/h4-5,17-18H,6-11H2,1-3H3/t17-,18+/m1/s1. The number of morpholine rings is 1. The lowest BCUT2D eigenvalue weighted by molar-refractivity contribution is -0.0506. The molecule has 0 radical (unpaired) electrons. The van der Waals surface area contributed by atoms with Crippen molar-refractivity contribution in [3.8, 4) is 0 Å². The lowest BCUT2D eigenvalue weighted by Crippen LogP contribution is -2.50. The quantitative estimate of drug-likeness (QED) is 0.851. The van der Waals surface area contributed by atoms with Gasteiger partial charge in [0.15, 0.2) is 0 Å². The fourth-order valence-corrected chi connectivity index (χ4v) is 4.81. The minimum absolute atomic E-state index is 0.320. The molecule has 0 bridgehead atoms. The largest absolute Gasteiger partial charge is 0.374 e. The molecule has 4 heterocycles. The maximum atomic E-state index is 6.07. The Morgan fingerprint density at radius 3 is 2.79 bits per heavy atom. The molecule has 0 N–H and O–H groups in total. The molecule has 2 aromatic rings. The van der Waals surface area contributed by atoms with E-state index in [2.05, 4.69) is 34.0 Å². The van der Waals surface area contributed by atoms with Crippen molar-refractivity contribution in [3.05, 3.63) is 38.9 Å². The molecule has 0 aliphatic carbocycles. The van der Waals surface area contributed by atoms with E-state index in [-0.39, 0.29) is 0 Å². The molecule has 0 spiro atoms. The minimum atomic E-state index is 0.320. The Balaban J connectivity index is 1.44. The summed E-state index contributed by atoms with van der Waals surface area (Å²) in [4.78, 5) is 7.92. The van der Waals surface area contributed by atoms with Crippen LogP contribution in [0.25, 0.3) is 0 Å². The first-order valence-electron chi connectivity index (χ1n) is 8.65. The predicted molar refractivity (Wildman–Crippen MR) is 94.2 cm³/mol. The van der Waals surface area contributed by atoms with E-state index in [9.17, 15) is 0 Å². The van der Waals surface area contributed by atoms with Crippen molar-refractivity contribution in [2.75, 3.05) is 26.2 Å². The van der Waals surface area contributed by atoms with Gasteiger partial charge in [0.1, 0.15) is 5.76 Å². The van der Waals surface area contributed by atoms with E-state index in [1.54, 1.807) is 0 Å². The lowest BCUT2D eigenvalue weighted by atomic mass is 10.1. The molecule has 24 heavy (non-hydrogen) atoms. The Morgan fingerprint density at radius 2 is 2.08 bits per heavy atom. The van der Waals surface area contributed by atoms with Crippen molar-refractivity contribution in [1.29, 1.82) is 0 Å². The van der Waals surface area contributed by atoms with Gasteiger partial charge in [-0.15, -0.1) is 11.3 Å². The highest BCUT2D eigenvalue weighted by molar-refractivity contribution is 7.11. The highest BCUT2D eigenvalue weighted by Gasteiger charge is 2.40. The van der Waals surface area contributed by atoms with Crippen LogP contribution in [0.5, 0.6) is 0 Å². The van der Waals surface area contributed by atoms with Gasteiger partial charge >= 0.3 is 0 Å². The number of hydrogen-bond donors (Lipinski definition) is 0. The van der Waals surface area contributed by atoms with Gasteiger partial charge < -0.3 is 9.26 Å². The summed E-state index contributed by atoms with van der Waals surface area (Å²) in [6.45, 7) is 12.1. The summed E-state index contributed by atoms with van der Waals surface area (Å²) in [6, 6.07) is 4.93. The van der Waals surface area contributed by atoms with Crippen molar-refractivity contribution in [3.63, 3.8) is 0 Å². The first-order chi connectivity index (χ1) is 11.6. The molecule has 0 unspecified atom stereocenters. The second-order valence-electron chi connectivity index (χ2n) is 6.96. The molecule has 2 atom stereocenters. The van der Waals surface area contributed by atoms with Crippen LogP contribution in [0.2, 0.25) is 0 Å². The Kier molecular flexibility index (Phi) is 4.47. The SMILES string of the molecule is Cc1ccc(CN2C[C@@H]3OCCN(Cc4c(C)noc4C)[C@@H]3C2)s1. The third-order valence-electron chi connectivity index (χ3n) is 5.21. The smallest absolute Gasteiger partial charge is 0.138 e. The normalized spacial score (nSPS) is 25.3. The van der Waals surface area contributed by atoms with Gasteiger partial charge in [0, 0.05) is 48.0 Å². The molecule has 6 heteroatoms. The Hall–Kier alpha value is -1.21. The Morgan fingerprint density at radius 1 is 1.21 bits per heavy atom. The molecule has 0 saturated carbocycles. The van der Waals surface area contributed by atoms with Crippen LogP contribution in [0.1, 0.15) is 26.8 Å². The maximum absolute atomic E-state index is 6.07. The highest BCUT2D eigenvalue weighted by Crippen LogP contribution is 2.28. The van der Waals surface area contributed by atoms with Crippen molar-refractivity contribution in [2.45, 2.75) is 46.0 Å². The number of ether oxygens (including phenoxy) is 1. The summed E-state index contributed by atoms with van der Waals surface area (Å²) >= 11 is 1.90. The van der Waals surface area contributed by atoms with Crippen LogP contribution in [-0.4, -0.2) is 53.3 Å². The number of aromatic nitrogens is 1. The highest BCUT2D eigenvalue weighted by atomic mass is 32.1. The van der Waals surface area contributed by atoms with E-state index < -0.39 is 0 Å². The van der Waals surface area contributed by atoms with E-state index in [1.807, 2.05) is 25.2 Å². The molecule has 0 amide bonds. The predicted octanol–water partition coefficient (Wildman–Crippen LogP) is 2.75. The molecule has 2 aromatic heterocycles. The first-order valence-corrected chi connectivity index (χ1v) is 9.47. The molecule has 2 aliphatic rings. The van der Waals surface area contributed by atoms with Gasteiger partial charge in [0.2, 0.25) is 0 Å². The average molecular weight is 347 g/mol. The zero-order valence-electron chi connectivity index (χ0n) is 14.6. The number of aryl methyl sites for hydroxylation is 3. The van der Waals surface area contributed by atoms with E-state index in [0.29, 0.717) is 12.1 Å². The fraction of sp³-hybridized carbons (Fsp3) is 0.611. The van der Waals surface area contributed by atoms with Crippen LogP contribution in [0.3, 0.4) is 0 Å². The zero-order chi connectivity index (χ0) is 16.7. The second kappa shape index (κ2) is 6.59. The summed E-state index contributed by atoms with van der Waals surface area (Å²) in [5.74, 6) is 0.944. The second-order valence-corrected chi connectivity index (χ2v) is 8.33. The monoisotopic (exact) mass is 347 g/mol. The summed E-state index contributed by atoms with van der Waals surface area (Å²) in [5.41, 5.74) is 2.25. The molecule has 2 saturated heterocycles. The molecule has 2 aliphatic heterocycles. The van der Waals surface area contributed by atoms with Crippen molar-refractivity contribution in [1.82, 2.24) is 15.0 Å². The number of hydrogen-bond acceptors (Lipinski definition) is 6. The lowest BCUT2D eigenvalue weighted by Gasteiger charge is -2.36. The third-order valence-corrected chi connectivity index (χ3v) is 6.20. The van der Waals surface area contributed by atoms with Gasteiger partial charge in [-0.25, -0.2) is 0 Å². The van der Waals surface area contributed by atoms with Crippen LogP contribution in [-0.2, 0) is 17.8 Å². The van der Waals surface area contributed by atoms with Gasteiger partial charge in [0.25, 0.3) is 0 Å². The number of thiophene rings is 1. The topological polar surface area (TPSA) is 41.7 Å². The average Bonchev–Trinajstić information content (AvgIpc) is 3.23. The molecule has 130 valence electrons. The zero-order valence-corrected chi connectivity index (χ0v) is 15.4. The van der Waals surface area contributed by atoms with Gasteiger partial charge in [-0.2, -0.15) is 0 Å². The summed E-state index contributed by atoms with van der Waals surface area (Å²) < 4.78 is 11.4. The Bertz CT molecular complexity index is 691. The molecule has 0 aromatic carbocycles. The molecule has 5 nitrogen and oxygen atoms in total. The molecular weight excluding hydrogens is 322 g/mol. The molecular formula is C18H25N3O2S. The number of fused-ring (bicyclic) bond motifs is 1. The van der Waals surface area contributed by atoms with Crippen LogP contribution < -0.4 is 0 Å². The van der Waals surface area contributed by atoms with Gasteiger partial charge in [-0.3, -0.25) is 9.80 Å². The third kappa shape index (κ3) is 3.16. The van der Waals surface area contributed by atoms with Gasteiger partial charge in [-0.1, -0.05) is 5.16 Å². The van der Waals surface area contributed by atoms with Crippen molar-refractivity contribution >= 4 is 11.3 Å². The maximum Gasteiger partial charge on any atom is 0.138 e. The van der Waals surface area contributed by atoms with Crippen molar-refractivity contribution < 1.29 is 9.26 Å². The van der Waals surface area contributed by atoms with E-state index in [0.717, 1.165) is 50.8 Å². The summed E-state index contributed by atoms with van der Waals surface area (Å²) in [5, 5.41) is 4.10. The van der Waals surface area contributed by atoms with E-state index in [4.69, 9.17) is 9.26 Å². The van der Waals surface area contributed by atoms with E-state index in [1.165, 1.54) is 15.3 Å². The van der Waals surface area contributed by atoms with Crippen LogP contribution in [0, 0.1) is 20.8 Å². The Labute approximate surface area is 147 Å². The number of rotatable bonds is 4. The minimum Gasteiger partial charge on any atom is -0.374 e. The number of nitrogens with zero attached hydrogens (tertiary/aromatic N) is 3. The van der Waals surface area contributed by atoms with E-state index >= 15 is 0 Å². The first kappa shape index (κ1) is 16.3. The van der Waals surface area contributed by atoms with Crippen molar-refractivity contribution in [2.24, 2.45) is 0 Å².